The molecule has 0 bridgehead atoms. The number of para-hydroxylation sites is 2. The number of methoxy groups -OCH3 is 1. The first-order valence-corrected chi connectivity index (χ1v) is 6.94. The van der Waals surface area contributed by atoms with Gasteiger partial charge in [0.25, 0.3) is 0 Å². The van der Waals surface area contributed by atoms with Gasteiger partial charge in [0, 0.05) is 0 Å². The van der Waals surface area contributed by atoms with Crippen LogP contribution < -0.4 is 9.47 Å². The molecule has 2 aromatic carbocycles. The van der Waals surface area contributed by atoms with Crippen LogP contribution in [0.25, 0.3) is 0 Å². The highest BCUT2D eigenvalue weighted by Crippen LogP contribution is 2.25. The summed E-state index contributed by atoms with van der Waals surface area (Å²) in [6.07, 6.45) is 3.54. The summed E-state index contributed by atoms with van der Waals surface area (Å²) in [4.78, 5) is 11.7. The Balaban J connectivity index is 1.71. The summed E-state index contributed by atoms with van der Waals surface area (Å²) in [5.74, 6) is 1.03. The number of benzene rings is 2. The molecule has 0 atom stereocenters. The summed E-state index contributed by atoms with van der Waals surface area (Å²) in [6, 6.07) is 16.3. The molecule has 0 saturated heterocycles. The van der Waals surface area contributed by atoms with Gasteiger partial charge in [-0.15, -0.1) is 0 Å². The lowest BCUT2D eigenvalue weighted by molar-refractivity contribution is 0.0549. The molecule has 0 fully saturated rings. The Labute approximate surface area is 129 Å². The molecule has 0 saturated carbocycles. The van der Waals surface area contributed by atoms with Gasteiger partial charge in [-0.05, 0) is 36.4 Å². The van der Waals surface area contributed by atoms with Crippen molar-refractivity contribution in [3.63, 3.8) is 0 Å². The molecule has 4 nitrogen and oxygen atoms in total. The van der Waals surface area contributed by atoms with E-state index in [9.17, 15) is 4.79 Å². The minimum Gasteiger partial charge on any atom is -0.493 e. The second kappa shape index (κ2) is 8.52. The van der Waals surface area contributed by atoms with Crippen LogP contribution in [0.15, 0.2) is 66.7 Å². The Morgan fingerprint density at radius 2 is 1.55 bits per heavy atom. The minimum atomic E-state index is -0.337. The predicted octanol–water partition coefficient (Wildman–Crippen LogP) is 3.49. The molecule has 22 heavy (non-hydrogen) atoms. The molecule has 2 aromatic rings. The van der Waals surface area contributed by atoms with Crippen molar-refractivity contribution in [2.24, 2.45) is 0 Å². The van der Waals surface area contributed by atoms with Crippen LogP contribution in [-0.4, -0.2) is 26.3 Å². The number of ether oxygens (including phenoxy) is 3. The summed E-state index contributed by atoms with van der Waals surface area (Å²) >= 11 is 0. The molecule has 4 heteroatoms. The lowest BCUT2D eigenvalue weighted by Gasteiger charge is -2.08. The van der Waals surface area contributed by atoms with Crippen LogP contribution in [0.2, 0.25) is 0 Å². The van der Waals surface area contributed by atoms with E-state index in [-0.39, 0.29) is 12.6 Å². The van der Waals surface area contributed by atoms with Crippen molar-refractivity contribution in [2.75, 3.05) is 20.3 Å². The van der Waals surface area contributed by atoms with Gasteiger partial charge in [0.2, 0.25) is 0 Å². The fourth-order valence-corrected chi connectivity index (χ4v) is 1.79. The van der Waals surface area contributed by atoms with Crippen molar-refractivity contribution in [3.05, 3.63) is 72.3 Å². The molecular weight excluding hydrogens is 280 g/mol. The first-order valence-electron chi connectivity index (χ1n) is 6.94. The van der Waals surface area contributed by atoms with E-state index in [0.717, 1.165) is 0 Å². The van der Waals surface area contributed by atoms with Gasteiger partial charge in [-0.25, -0.2) is 4.79 Å². The molecule has 0 aliphatic rings. The molecule has 0 aromatic heterocycles. The predicted molar refractivity (Wildman–Crippen MR) is 84.4 cm³/mol. The molecule has 0 aliphatic carbocycles. The van der Waals surface area contributed by atoms with Crippen molar-refractivity contribution >= 4 is 5.97 Å². The van der Waals surface area contributed by atoms with Crippen LogP contribution in [0.4, 0.5) is 0 Å². The van der Waals surface area contributed by atoms with Gasteiger partial charge >= 0.3 is 5.97 Å². The zero-order chi connectivity index (χ0) is 15.6. The first-order chi connectivity index (χ1) is 10.8. The van der Waals surface area contributed by atoms with E-state index in [2.05, 4.69) is 0 Å². The number of hydrogen-bond donors (Lipinski definition) is 0. The Bertz CT molecular complexity index is 620. The third kappa shape index (κ3) is 4.66. The standard InChI is InChI=1S/C18H18O4/c1-20-16-11-5-6-12-17(16)21-13-7-8-14-22-18(19)15-9-3-2-4-10-15/h2-12H,13-14H2,1H3/b8-7+. The minimum absolute atomic E-state index is 0.211. The maximum Gasteiger partial charge on any atom is 0.338 e. The second-order valence-electron chi connectivity index (χ2n) is 4.40. The Kier molecular flexibility index (Phi) is 6.05. The average molecular weight is 298 g/mol. The molecule has 2 rings (SSSR count). The van der Waals surface area contributed by atoms with E-state index in [4.69, 9.17) is 14.2 Å². The van der Waals surface area contributed by atoms with Crippen LogP contribution in [0.5, 0.6) is 11.5 Å². The summed E-state index contributed by atoms with van der Waals surface area (Å²) in [5.41, 5.74) is 0.543. The zero-order valence-electron chi connectivity index (χ0n) is 12.4. The number of esters is 1. The van der Waals surface area contributed by atoms with Gasteiger partial charge in [0.05, 0.1) is 12.7 Å². The number of carbonyl (C=O) groups is 1. The molecule has 0 amide bonds. The topological polar surface area (TPSA) is 44.8 Å². The summed E-state index contributed by atoms with van der Waals surface area (Å²) < 4.78 is 15.9. The van der Waals surface area contributed by atoms with Crippen LogP contribution in [-0.2, 0) is 4.74 Å². The normalized spacial score (nSPS) is 10.4. The highest BCUT2D eigenvalue weighted by Gasteiger charge is 2.04. The zero-order valence-corrected chi connectivity index (χ0v) is 12.4. The van der Waals surface area contributed by atoms with Gasteiger partial charge in [0.15, 0.2) is 11.5 Å². The third-order valence-electron chi connectivity index (χ3n) is 2.89. The van der Waals surface area contributed by atoms with Gasteiger partial charge in [-0.2, -0.15) is 0 Å². The third-order valence-corrected chi connectivity index (χ3v) is 2.89. The van der Waals surface area contributed by atoms with E-state index in [1.54, 1.807) is 43.5 Å². The van der Waals surface area contributed by atoms with E-state index in [1.165, 1.54) is 0 Å². The molecule has 0 radical (unpaired) electrons. The van der Waals surface area contributed by atoms with E-state index in [1.807, 2.05) is 30.3 Å². The SMILES string of the molecule is COc1ccccc1OC/C=C/COC(=O)c1ccccc1. The van der Waals surface area contributed by atoms with Crippen molar-refractivity contribution in [1.82, 2.24) is 0 Å². The fourth-order valence-electron chi connectivity index (χ4n) is 1.79. The smallest absolute Gasteiger partial charge is 0.338 e. The Morgan fingerprint density at radius 3 is 2.27 bits per heavy atom. The molecule has 0 aliphatic heterocycles. The highest BCUT2D eigenvalue weighted by atomic mass is 16.5. The lowest BCUT2D eigenvalue weighted by Crippen LogP contribution is -2.05. The van der Waals surface area contributed by atoms with E-state index < -0.39 is 0 Å². The molecular formula is C18H18O4. The lowest BCUT2D eigenvalue weighted by atomic mass is 10.2. The molecule has 0 N–H and O–H groups in total. The van der Waals surface area contributed by atoms with E-state index >= 15 is 0 Å². The van der Waals surface area contributed by atoms with Crippen LogP contribution in [0, 0.1) is 0 Å². The Morgan fingerprint density at radius 1 is 0.909 bits per heavy atom. The van der Waals surface area contributed by atoms with Crippen LogP contribution in [0.1, 0.15) is 10.4 Å². The average Bonchev–Trinajstić information content (AvgIpc) is 2.58. The summed E-state index contributed by atoms with van der Waals surface area (Å²) in [6.45, 7) is 0.590. The molecule has 0 spiro atoms. The number of carbonyl (C=O) groups excluding carboxylic acids is 1. The van der Waals surface area contributed by atoms with Gasteiger partial charge in [-0.3, -0.25) is 0 Å². The summed E-state index contributed by atoms with van der Waals surface area (Å²) in [5, 5.41) is 0. The van der Waals surface area contributed by atoms with Crippen LogP contribution in [0.3, 0.4) is 0 Å². The fraction of sp³-hybridized carbons (Fsp3) is 0.167. The number of hydrogen-bond acceptors (Lipinski definition) is 4. The van der Waals surface area contributed by atoms with Crippen molar-refractivity contribution in [2.45, 2.75) is 0 Å². The molecule has 0 unspecified atom stereocenters. The van der Waals surface area contributed by atoms with Crippen LogP contribution >= 0.6 is 0 Å². The summed E-state index contributed by atoms with van der Waals surface area (Å²) in [7, 11) is 1.60. The quantitative estimate of drug-likeness (QED) is 0.580. The maximum absolute atomic E-state index is 11.7. The largest absolute Gasteiger partial charge is 0.493 e. The molecule has 114 valence electrons. The van der Waals surface area contributed by atoms with Crippen molar-refractivity contribution in [1.29, 1.82) is 0 Å². The first kappa shape index (κ1) is 15.6. The van der Waals surface area contributed by atoms with E-state index in [0.29, 0.717) is 23.7 Å². The highest BCUT2D eigenvalue weighted by molar-refractivity contribution is 5.89. The van der Waals surface area contributed by atoms with Gasteiger partial charge in [0.1, 0.15) is 13.2 Å². The second-order valence-corrected chi connectivity index (χ2v) is 4.40. The van der Waals surface area contributed by atoms with Crippen molar-refractivity contribution < 1.29 is 19.0 Å². The maximum atomic E-state index is 11.7. The van der Waals surface area contributed by atoms with Gasteiger partial charge in [-0.1, -0.05) is 30.3 Å². The van der Waals surface area contributed by atoms with Gasteiger partial charge < -0.3 is 14.2 Å². The van der Waals surface area contributed by atoms with Crippen molar-refractivity contribution in [3.8, 4) is 11.5 Å². The molecule has 0 heterocycles. The number of rotatable bonds is 7. The Hall–Kier alpha value is -2.75. The monoisotopic (exact) mass is 298 g/mol.